The molecule has 0 radical (unpaired) electrons. The molecule has 2 aromatic heterocycles. The topological polar surface area (TPSA) is 133 Å². The van der Waals surface area contributed by atoms with E-state index in [4.69, 9.17) is 0 Å². The summed E-state index contributed by atoms with van der Waals surface area (Å²) < 4.78 is 39.8. The Morgan fingerprint density at radius 3 is 2.69 bits per heavy atom. The number of sulfonamides is 1. The maximum Gasteiger partial charge on any atom is 0.255 e. The highest BCUT2D eigenvalue weighted by molar-refractivity contribution is 7.89. The normalized spacial score (nSPS) is 15.6. The van der Waals surface area contributed by atoms with Crippen LogP contribution < -0.4 is 15.5 Å². The van der Waals surface area contributed by atoms with E-state index in [9.17, 15) is 17.6 Å². The molecule has 202 valence electrons. The minimum Gasteiger partial charge on any atom is -0.338 e. The minimum atomic E-state index is -3.65. The van der Waals surface area contributed by atoms with Gasteiger partial charge in [-0.2, -0.15) is 0 Å². The number of amides is 1. The minimum absolute atomic E-state index is 0.0736. The lowest BCUT2D eigenvalue weighted by Crippen LogP contribution is -2.22. The van der Waals surface area contributed by atoms with Crippen LogP contribution in [0.15, 0.2) is 59.9 Å². The molecule has 1 amide bonds. The summed E-state index contributed by atoms with van der Waals surface area (Å²) in [4.78, 5) is 32.5. The van der Waals surface area contributed by atoms with Gasteiger partial charge in [-0.25, -0.2) is 37.0 Å². The highest BCUT2D eigenvalue weighted by Crippen LogP contribution is 2.27. The molecule has 1 fully saturated rings. The van der Waals surface area contributed by atoms with E-state index in [1.807, 2.05) is 6.92 Å². The van der Waals surface area contributed by atoms with E-state index >= 15 is 0 Å². The molecule has 5 rings (SSSR count). The van der Waals surface area contributed by atoms with Gasteiger partial charge in [-0.15, -0.1) is 0 Å². The maximum absolute atomic E-state index is 13.7. The van der Waals surface area contributed by atoms with Gasteiger partial charge in [0.15, 0.2) is 5.82 Å². The second-order valence-corrected chi connectivity index (χ2v) is 11.5. The first-order valence-electron chi connectivity index (χ1n) is 12.2. The van der Waals surface area contributed by atoms with Crippen molar-refractivity contribution in [1.29, 1.82) is 0 Å². The van der Waals surface area contributed by atoms with Gasteiger partial charge in [-0.3, -0.25) is 4.79 Å². The van der Waals surface area contributed by atoms with Crippen LogP contribution >= 0.6 is 0 Å². The van der Waals surface area contributed by atoms with Crippen molar-refractivity contribution in [3.05, 3.63) is 66.1 Å². The fourth-order valence-electron chi connectivity index (χ4n) is 4.16. The Bertz CT molecular complexity index is 1660. The molecule has 0 unspecified atom stereocenters. The predicted molar refractivity (Wildman–Crippen MR) is 147 cm³/mol. The van der Waals surface area contributed by atoms with E-state index in [0.29, 0.717) is 52.7 Å². The molecule has 2 aromatic carbocycles. The summed E-state index contributed by atoms with van der Waals surface area (Å²) in [7, 11) is -0.757. The average Bonchev–Trinajstić information content (AvgIpc) is 3.36. The highest BCUT2D eigenvalue weighted by Gasteiger charge is 2.24. The van der Waals surface area contributed by atoms with E-state index in [1.165, 1.54) is 32.6 Å². The number of aromatic nitrogens is 4. The number of carbonyl (C=O) groups is 1. The van der Waals surface area contributed by atoms with Crippen molar-refractivity contribution >= 4 is 50.1 Å². The summed E-state index contributed by atoms with van der Waals surface area (Å²) in [5.41, 5.74) is 3.16. The zero-order valence-electron chi connectivity index (χ0n) is 21.6. The van der Waals surface area contributed by atoms with Crippen LogP contribution in [0.4, 0.5) is 27.5 Å². The monoisotopic (exact) mass is 550 g/mol. The van der Waals surface area contributed by atoms with Gasteiger partial charge in [-0.05, 0) is 49.2 Å². The maximum atomic E-state index is 13.7. The fourth-order valence-corrected chi connectivity index (χ4v) is 5.11. The number of hydrogen-bond acceptors (Lipinski definition) is 9. The van der Waals surface area contributed by atoms with Crippen LogP contribution in [-0.2, 0) is 10.0 Å². The molecule has 0 aliphatic carbocycles. The number of rotatable bonds is 7. The SMILES string of the molecule is Cc1ccc(C(=O)Nc2cccc(S(=O)(=O)N(C)C)c2)cc1Nc1ncnc2cnc(N3CC[C@H](F)C3)nc12. The van der Waals surface area contributed by atoms with Crippen molar-refractivity contribution in [1.82, 2.24) is 24.2 Å². The van der Waals surface area contributed by atoms with Crippen LogP contribution in [0.25, 0.3) is 11.0 Å². The molecule has 4 aromatic rings. The number of nitrogens with one attached hydrogen (secondary N) is 2. The largest absolute Gasteiger partial charge is 0.338 e. The third kappa shape index (κ3) is 5.49. The van der Waals surface area contributed by atoms with Crippen molar-refractivity contribution in [2.45, 2.75) is 24.4 Å². The van der Waals surface area contributed by atoms with Crippen LogP contribution in [0.2, 0.25) is 0 Å². The van der Waals surface area contributed by atoms with Crippen molar-refractivity contribution < 1.29 is 17.6 Å². The molecular weight excluding hydrogens is 523 g/mol. The standard InChI is InChI=1S/C26H27FN8O3S/c1-16-7-8-17(25(36)31-19-5-4-6-20(12-19)39(37,38)34(2)3)11-21(16)32-24-23-22(29-15-30-24)13-28-26(33-23)35-10-9-18(27)14-35/h4-8,11-13,15,18H,9-10,14H2,1-3H3,(H,31,36)(H,29,30,32)/t18-/m0/s1. The van der Waals surface area contributed by atoms with E-state index in [0.717, 1.165) is 9.87 Å². The Balaban J connectivity index is 1.40. The lowest BCUT2D eigenvalue weighted by molar-refractivity contribution is 0.102. The number of benzene rings is 2. The summed E-state index contributed by atoms with van der Waals surface area (Å²) in [6.45, 7) is 2.65. The molecule has 1 saturated heterocycles. The number of anilines is 4. The molecule has 39 heavy (non-hydrogen) atoms. The quantitative estimate of drug-likeness (QED) is 0.355. The lowest BCUT2D eigenvalue weighted by Gasteiger charge is -2.16. The smallest absolute Gasteiger partial charge is 0.255 e. The van der Waals surface area contributed by atoms with Crippen molar-refractivity contribution in [2.24, 2.45) is 0 Å². The summed E-state index contributed by atoms with van der Waals surface area (Å²) in [6.07, 6.45) is 2.49. The first kappa shape index (κ1) is 26.4. The molecule has 1 atom stereocenters. The van der Waals surface area contributed by atoms with Crippen molar-refractivity contribution in [2.75, 3.05) is 42.7 Å². The first-order valence-corrected chi connectivity index (χ1v) is 13.6. The fraction of sp³-hybridized carbons (Fsp3) is 0.269. The van der Waals surface area contributed by atoms with E-state index in [1.54, 1.807) is 41.4 Å². The molecular formula is C26H27FN8O3S. The van der Waals surface area contributed by atoms with Gasteiger partial charge in [0.1, 0.15) is 23.5 Å². The van der Waals surface area contributed by atoms with Gasteiger partial charge in [-0.1, -0.05) is 12.1 Å². The van der Waals surface area contributed by atoms with Gasteiger partial charge in [0.2, 0.25) is 16.0 Å². The molecule has 1 aliphatic heterocycles. The molecule has 3 heterocycles. The van der Waals surface area contributed by atoms with Gasteiger partial charge in [0.05, 0.1) is 17.6 Å². The molecule has 13 heteroatoms. The van der Waals surface area contributed by atoms with Crippen molar-refractivity contribution in [3.8, 4) is 0 Å². The van der Waals surface area contributed by atoms with Gasteiger partial charge >= 0.3 is 0 Å². The average molecular weight is 551 g/mol. The van der Waals surface area contributed by atoms with Crippen LogP contribution in [-0.4, -0.2) is 71.9 Å². The zero-order valence-corrected chi connectivity index (χ0v) is 22.4. The van der Waals surface area contributed by atoms with Gasteiger partial charge < -0.3 is 15.5 Å². The lowest BCUT2D eigenvalue weighted by atomic mass is 10.1. The Hall–Kier alpha value is -4.23. The molecule has 0 bridgehead atoms. The predicted octanol–water partition coefficient (Wildman–Crippen LogP) is 3.52. The summed E-state index contributed by atoms with van der Waals surface area (Å²) in [6, 6.07) is 11.2. The van der Waals surface area contributed by atoms with Crippen molar-refractivity contribution in [3.63, 3.8) is 0 Å². The van der Waals surface area contributed by atoms with Crippen LogP contribution in [0.1, 0.15) is 22.3 Å². The van der Waals surface area contributed by atoms with E-state index < -0.39 is 22.1 Å². The second kappa shape index (κ2) is 10.5. The number of hydrogen-bond donors (Lipinski definition) is 2. The summed E-state index contributed by atoms with van der Waals surface area (Å²) in [5.74, 6) is 0.412. The Morgan fingerprint density at radius 1 is 1.13 bits per heavy atom. The van der Waals surface area contributed by atoms with Gasteiger partial charge in [0.25, 0.3) is 5.91 Å². The molecule has 1 aliphatic rings. The highest BCUT2D eigenvalue weighted by atomic mass is 32.2. The molecule has 0 saturated carbocycles. The zero-order chi connectivity index (χ0) is 27.7. The van der Waals surface area contributed by atoms with Crippen LogP contribution in [0, 0.1) is 6.92 Å². The van der Waals surface area contributed by atoms with Gasteiger partial charge in [0, 0.05) is 37.6 Å². The Kier molecular flexibility index (Phi) is 7.10. The molecule has 11 nitrogen and oxygen atoms in total. The number of alkyl halides is 1. The van der Waals surface area contributed by atoms with E-state index in [2.05, 4.69) is 30.6 Å². The third-order valence-corrected chi connectivity index (χ3v) is 8.21. The first-order chi connectivity index (χ1) is 18.6. The second-order valence-electron chi connectivity index (χ2n) is 9.38. The summed E-state index contributed by atoms with van der Waals surface area (Å²) in [5, 5.41) is 6.00. The number of nitrogens with zero attached hydrogens (tertiary/aromatic N) is 6. The van der Waals surface area contributed by atoms with Crippen LogP contribution in [0.3, 0.4) is 0 Å². The molecule has 0 spiro atoms. The Morgan fingerprint density at radius 2 is 1.95 bits per heavy atom. The number of aryl methyl sites for hydroxylation is 1. The number of halogens is 1. The van der Waals surface area contributed by atoms with E-state index in [-0.39, 0.29) is 11.4 Å². The summed E-state index contributed by atoms with van der Waals surface area (Å²) >= 11 is 0. The Labute approximate surface area is 225 Å². The number of fused-ring (bicyclic) bond motifs is 1. The number of carbonyl (C=O) groups excluding carboxylic acids is 1. The molecule has 2 N–H and O–H groups in total. The van der Waals surface area contributed by atoms with Crippen LogP contribution in [0.5, 0.6) is 0 Å². The third-order valence-electron chi connectivity index (χ3n) is 6.40.